The quantitative estimate of drug-likeness (QED) is 0.166. The van der Waals surface area contributed by atoms with Gasteiger partial charge in [-0.05, 0) is 60.0 Å². The van der Waals surface area contributed by atoms with Crippen LogP contribution in [-0.2, 0) is 17.6 Å². The van der Waals surface area contributed by atoms with Crippen molar-refractivity contribution in [1.29, 1.82) is 0 Å². The van der Waals surface area contributed by atoms with Gasteiger partial charge in [0.2, 0.25) is 0 Å². The summed E-state index contributed by atoms with van der Waals surface area (Å²) >= 11 is 0. The summed E-state index contributed by atoms with van der Waals surface area (Å²) < 4.78 is 12.3. The summed E-state index contributed by atoms with van der Waals surface area (Å²) in [5.74, 6) is 1.98. The lowest BCUT2D eigenvalue weighted by Crippen LogP contribution is -2.17. The van der Waals surface area contributed by atoms with Crippen molar-refractivity contribution in [2.75, 3.05) is 0 Å². The monoisotopic (exact) mass is 505 g/mol. The van der Waals surface area contributed by atoms with E-state index in [-0.39, 0.29) is 11.5 Å². The van der Waals surface area contributed by atoms with Gasteiger partial charge in [0.15, 0.2) is 5.82 Å². The molecule has 0 aromatic heterocycles. The third-order valence-corrected chi connectivity index (χ3v) is 5.99. The summed E-state index contributed by atoms with van der Waals surface area (Å²) in [6.07, 6.45) is 2.73. The number of H-pyrrole nitrogens is 1. The molecule has 0 saturated heterocycles. The molecule has 0 bridgehead atoms. The summed E-state index contributed by atoms with van der Waals surface area (Å²) in [6, 6.07) is 24.8. The van der Waals surface area contributed by atoms with Crippen LogP contribution in [0.3, 0.4) is 0 Å². The second-order valence-electron chi connectivity index (χ2n) is 9.11. The molecule has 0 aliphatic carbocycles. The standard InChI is InChI=1S/C31H27N3O4/c1-20(2)37-25-15-11-24(12-16-25)29-19-34-30(27(32-29)17-22-7-5-4-6-8-22)33-28(31(34)36)18-23-9-13-26(14-10-23)38-21(3)35/h4-16,19,32H,1,17-18H2,2-3H3. The molecule has 0 spiro atoms. The zero-order valence-corrected chi connectivity index (χ0v) is 21.2. The number of nitrogens with zero attached hydrogens (tertiary/aromatic N) is 2. The Kier molecular flexibility index (Phi) is 6.91. The molecule has 0 atom stereocenters. The number of nitrogens with one attached hydrogen (secondary N) is 1. The van der Waals surface area contributed by atoms with E-state index in [1.807, 2.05) is 66.7 Å². The van der Waals surface area contributed by atoms with Gasteiger partial charge in [-0.3, -0.25) is 14.2 Å². The number of imidazole rings is 1. The van der Waals surface area contributed by atoms with E-state index in [4.69, 9.17) is 14.5 Å². The number of allylic oxidation sites excluding steroid dienone is 1. The summed E-state index contributed by atoms with van der Waals surface area (Å²) in [4.78, 5) is 33.0. The number of rotatable bonds is 8. The number of hydrogen-bond donors (Lipinski definition) is 1. The first-order chi connectivity index (χ1) is 18.4. The van der Waals surface area contributed by atoms with E-state index in [1.54, 1.807) is 29.8 Å². The predicted octanol–water partition coefficient (Wildman–Crippen LogP) is 5.68. The minimum Gasteiger partial charge on any atom is -0.463 e. The van der Waals surface area contributed by atoms with Crippen molar-refractivity contribution in [2.45, 2.75) is 26.7 Å². The second kappa shape index (κ2) is 10.6. The van der Waals surface area contributed by atoms with Gasteiger partial charge < -0.3 is 14.5 Å². The highest BCUT2D eigenvalue weighted by atomic mass is 16.5. The van der Waals surface area contributed by atoms with Crippen molar-refractivity contribution in [3.8, 4) is 28.6 Å². The molecule has 3 aromatic rings. The van der Waals surface area contributed by atoms with Gasteiger partial charge in [-0.1, -0.05) is 49.0 Å². The number of carbonyl (C=O) groups excluding carboxylic acids is 1. The van der Waals surface area contributed by atoms with Crippen LogP contribution in [-0.4, -0.2) is 20.5 Å². The predicted molar refractivity (Wildman–Crippen MR) is 146 cm³/mol. The van der Waals surface area contributed by atoms with Crippen LogP contribution in [0.4, 0.5) is 0 Å². The first kappa shape index (κ1) is 24.8. The van der Waals surface area contributed by atoms with Crippen LogP contribution in [0.1, 0.15) is 36.4 Å². The number of aromatic nitrogens is 3. The van der Waals surface area contributed by atoms with Crippen molar-refractivity contribution in [3.05, 3.63) is 130 Å². The molecule has 0 fully saturated rings. The van der Waals surface area contributed by atoms with E-state index in [0.717, 1.165) is 28.1 Å². The van der Waals surface area contributed by atoms with Crippen molar-refractivity contribution >= 4 is 5.97 Å². The molecular weight excluding hydrogens is 478 g/mol. The molecule has 2 aliphatic heterocycles. The number of ether oxygens (including phenoxy) is 2. The average Bonchev–Trinajstić information content (AvgIpc) is 3.21. The number of esters is 1. The van der Waals surface area contributed by atoms with Gasteiger partial charge in [-0.15, -0.1) is 0 Å². The Morgan fingerprint density at radius 1 is 0.868 bits per heavy atom. The molecule has 0 unspecified atom stereocenters. The van der Waals surface area contributed by atoms with E-state index in [0.29, 0.717) is 41.6 Å². The molecule has 1 N–H and O–H groups in total. The smallest absolute Gasteiger partial charge is 0.308 e. The Morgan fingerprint density at radius 3 is 2.16 bits per heavy atom. The van der Waals surface area contributed by atoms with Crippen molar-refractivity contribution < 1.29 is 14.3 Å². The van der Waals surface area contributed by atoms with Gasteiger partial charge in [0, 0.05) is 26.0 Å². The number of aromatic amines is 1. The maximum absolute atomic E-state index is 13.5. The van der Waals surface area contributed by atoms with Gasteiger partial charge >= 0.3 is 5.97 Å². The van der Waals surface area contributed by atoms with E-state index >= 15 is 0 Å². The SMILES string of the molecule is C=C(C)Oc1ccc(-c2cn3c(=O)c(Cc4ccc(OC(C)=O)cc4)nc-3c(Cc3ccccc3)[nH]2)cc1. The van der Waals surface area contributed by atoms with Crippen LogP contribution in [0.5, 0.6) is 11.5 Å². The fraction of sp³-hybridized carbons (Fsp3) is 0.129. The Balaban J connectivity index is 1.54. The van der Waals surface area contributed by atoms with Gasteiger partial charge in [-0.2, -0.15) is 0 Å². The maximum atomic E-state index is 13.5. The zero-order chi connectivity index (χ0) is 26.6. The van der Waals surface area contributed by atoms with Crippen molar-refractivity contribution in [3.63, 3.8) is 0 Å². The number of fused-ring (bicyclic) bond motifs is 1. The normalized spacial score (nSPS) is 10.9. The summed E-state index contributed by atoms with van der Waals surface area (Å²) in [6.45, 7) is 6.94. The Morgan fingerprint density at radius 2 is 1.50 bits per heavy atom. The van der Waals surface area contributed by atoms with E-state index in [9.17, 15) is 9.59 Å². The lowest BCUT2D eigenvalue weighted by atomic mass is 10.1. The van der Waals surface area contributed by atoms with Gasteiger partial charge in [0.1, 0.15) is 17.2 Å². The largest absolute Gasteiger partial charge is 0.463 e. The maximum Gasteiger partial charge on any atom is 0.308 e. The average molecular weight is 506 g/mol. The fourth-order valence-electron chi connectivity index (χ4n) is 4.30. The Bertz CT molecular complexity index is 1620. The van der Waals surface area contributed by atoms with Crippen LogP contribution >= 0.6 is 0 Å². The molecule has 38 heavy (non-hydrogen) atoms. The van der Waals surface area contributed by atoms with E-state index < -0.39 is 0 Å². The molecule has 2 aliphatic rings. The molecule has 3 aromatic carbocycles. The van der Waals surface area contributed by atoms with E-state index in [1.165, 1.54) is 6.92 Å². The molecule has 0 amide bonds. The molecule has 7 heteroatoms. The summed E-state index contributed by atoms with van der Waals surface area (Å²) in [5.41, 5.74) is 4.80. The summed E-state index contributed by atoms with van der Waals surface area (Å²) in [7, 11) is 0. The third-order valence-electron chi connectivity index (χ3n) is 5.99. The van der Waals surface area contributed by atoms with Crippen LogP contribution in [0.2, 0.25) is 0 Å². The van der Waals surface area contributed by atoms with Gasteiger partial charge in [0.05, 0.1) is 17.1 Å². The number of hydrogen-bond acceptors (Lipinski definition) is 5. The molecular formula is C31H27N3O4. The van der Waals surface area contributed by atoms with Crippen molar-refractivity contribution in [1.82, 2.24) is 14.5 Å². The highest BCUT2D eigenvalue weighted by Crippen LogP contribution is 2.26. The number of carbonyl (C=O) groups is 1. The Labute approximate surface area is 220 Å². The van der Waals surface area contributed by atoms with E-state index in [2.05, 4.69) is 11.6 Å². The highest BCUT2D eigenvalue weighted by molar-refractivity contribution is 5.69. The first-order valence-corrected chi connectivity index (χ1v) is 12.2. The first-order valence-electron chi connectivity index (χ1n) is 12.2. The minimum atomic E-state index is -0.379. The van der Waals surface area contributed by atoms with Crippen LogP contribution in [0.25, 0.3) is 17.1 Å². The van der Waals surface area contributed by atoms with Crippen LogP contribution in [0, 0.1) is 0 Å². The van der Waals surface area contributed by atoms with Crippen LogP contribution < -0.4 is 15.0 Å². The van der Waals surface area contributed by atoms with Crippen molar-refractivity contribution in [2.24, 2.45) is 0 Å². The highest BCUT2D eigenvalue weighted by Gasteiger charge is 2.20. The molecule has 7 nitrogen and oxygen atoms in total. The number of benzene rings is 3. The molecule has 190 valence electrons. The second-order valence-corrected chi connectivity index (χ2v) is 9.11. The molecule has 0 radical (unpaired) electrons. The Hall–Kier alpha value is -4.91. The lowest BCUT2D eigenvalue weighted by Gasteiger charge is -2.14. The third kappa shape index (κ3) is 5.57. The fourth-order valence-corrected chi connectivity index (χ4v) is 4.30. The minimum absolute atomic E-state index is 0.171. The topological polar surface area (TPSA) is 86.2 Å². The van der Waals surface area contributed by atoms with Gasteiger partial charge in [-0.25, -0.2) is 4.98 Å². The lowest BCUT2D eigenvalue weighted by molar-refractivity contribution is -0.131. The molecule has 5 rings (SSSR count). The molecule has 0 saturated carbocycles. The van der Waals surface area contributed by atoms with Gasteiger partial charge in [0.25, 0.3) is 5.56 Å². The van der Waals surface area contributed by atoms with Crippen LogP contribution in [0.15, 0.2) is 102 Å². The molecule has 2 heterocycles. The zero-order valence-electron chi connectivity index (χ0n) is 21.2. The summed E-state index contributed by atoms with van der Waals surface area (Å²) in [5, 5.41) is 0.